The Bertz CT molecular complexity index is 4240. The van der Waals surface area contributed by atoms with Crippen LogP contribution < -0.4 is 0 Å². The molecule has 306 valence electrons. The summed E-state index contributed by atoms with van der Waals surface area (Å²) in [4.78, 5) is 0. The van der Waals surface area contributed by atoms with Crippen molar-refractivity contribution in [2.75, 3.05) is 0 Å². The van der Waals surface area contributed by atoms with Gasteiger partial charge in [0.15, 0.2) is 0 Å². The SMILES string of the molecule is [2H]c1c([2H])c([2H])c(-c2ccc(-c3ccc4c5cc6c(cc5n5c7c(C(C)(C)C)cccc7c3c45)c3ccc(-c4ccc(-c5c([2H])c([2H])c([2H])c([2H])c5[2H])cc4)c4c5cccc(C(C)(C)C)c5n6c34)cc2)c([2H])c1[2H]. The van der Waals surface area contributed by atoms with E-state index in [-0.39, 0.29) is 70.3 Å². The van der Waals surface area contributed by atoms with Gasteiger partial charge < -0.3 is 8.80 Å². The number of benzene rings is 9. The van der Waals surface area contributed by atoms with Crippen LogP contribution in [0, 0.1) is 0 Å². The van der Waals surface area contributed by atoms with E-state index in [1.807, 2.05) is 48.5 Å². The summed E-state index contributed by atoms with van der Waals surface area (Å²) in [6, 6.07) is 39.2. The van der Waals surface area contributed by atoms with Crippen molar-refractivity contribution < 1.29 is 13.7 Å². The van der Waals surface area contributed by atoms with Crippen molar-refractivity contribution in [1.82, 2.24) is 8.80 Å². The molecule has 13 aromatic rings. The Morgan fingerprint density at radius 3 is 1.09 bits per heavy atom. The highest BCUT2D eigenvalue weighted by Gasteiger charge is 2.29. The highest BCUT2D eigenvalue weighted by atomic mass is 14.9. The number of hydrogen-bond donors (Lipinski definition) is 0. The zero-order valence-electron chi connectivity index (χ0n) is 46.4. The number of rotatable bonds is 4. The van der Waals surface area contributed by atoms with E-state index in [2.05, 4.69) is 123 Å². The fourth-order valence-electron chi connectivity index (χ4n) is 10.8. The van der Waals surface area contributed by atoms with Crippen LogP contribution >= 0.6 is 0 Å². The third kappa shape index (κ3) is 5.14. The summed E-state index contributed by atoms with van der Waals surface area (Å²) in [6.45, 7) is 13.6. The maximum absolute atomic E-state index is 8.65. The van der Waals surface area contributed by atoms with Gasteiger partial charge in [-0.1, -0.05) is 211 Å². The number of nitrogens with zero attached hydrogens (tertiary/aromatic N) is 2. The highest BCUT2D eigenvalue weighted by Crippen LogP contribution is 2.50. The monoisotopic (exact) mass is 830 g/mol. The Labute approximate surface area is 387 Å². The van der Waals surface area contributed by atoms with E-state index < -0.39 is 12.1 Å². The second kappa shape index (κ2) is 13.1. The van der Waals surface area contributed by atoms with Crippen molar-refractivity contribution in [2.45, 2.75) is 52.4 Å². The molecule has 0 aliphatic heterocycles. The van der Waals surface area contributed by atoms with Crippen molar-refractivity contribution in [1.29, 1.82) is 0 Å². The van der Waals surface area contributed by atoms with Gasteiger partial charge in [0, 0.05) is 43.1 Å². The third-order valence-electron chi connectivity index (χ3n) is 13.6. The molecule has 2 nitrogen and oxygen atoms in total. The normalized spacial score (nSPS) is 15.0. The molecule has 0 saturated carbocycles. The molecule has 0 unspecified atom stereocenters. The lowest BCUT2D eigenvalue weighted by atomic mass is 9.85. The van der Waals surface area contributed by atoms with Crippen molar-refractivity contribution in [3.63, 3.8) is 0 Å². The molecular formula is C62H48N2. The summed E-state index contributed by atoms with van der Waals surface area (Å²) in [5.41, 5.74) is 14.3. The summed E-state index contributed by atoms with van der Waals surface area (Å²) in [6.07, 6.45) is 0. The molecule has 0 fully saturated rings. The molecule has 2 heteroatoms. The highest BCUT2D eigenvalue weighted by molar-refractivity contribution is 6.32. The summed E-state index contributed by atoms with van der Waals surface area (Å²) in [5, 5.41) is 9.07. The van der Waals surface area contributed by atoms with E-state index in [1.54, 1.807) is 0 Å². The van der Waals surface area contributed by atoms with Crippen LogP contribution in [0.1, 0.15) is 66.4 Å². The van der Waals surface area contributed by atoms with Crippen LogP contribution in [0.3, 0.4) is 0 Å². The van der Waals surface area contributed by atoms with E-state index in [0.29, 0.717) is 11.1 Å². The minimum atomic E-state index is -0.410. The first-order valence-corrected chi connectivity index (χ1v) is 21.9. The largest absolute Gasteiger partial charge is 0.308 e. The Kier molecular flexibility index (Phi) is 5.78. The van der Waals surface area contributed by atoms with Gasteiger partial charge in [0.2, 0.25) is 0 Å². The molecule has 0 atom stereocenters. The third-order valence-corrected chi connectivity index (χ3v) is 13.6. The molecule has 4 heterocycles. The van der Waals surface area contributed by atoms with E-state index in [0.717, 1.165) is 98.4 Å². The number of para-hydroxylation sites is 2. The van der Waals surface area contributed by atoms with Crippen LogP contribution in [0.4, 0.5) is 0 Å². The van der Waals surface area contributed by atoms with Gasteiger partial charge in [-0.15, -0.1) is 0 Å². The zero-order chi connectivity index (χ0) is 51.9. The summed E-state index contributed by atoms with van der Waals surface area (Å²) >= 11 is 0. The minimum absolute atomic E-state index is 0.181. The number of fused-ring (bicyclic) bond motifs is 12. The molecule has 64 heavy (non-hydrogen) atoms. The standard InChI is InChI=1S/C62H48N2/c1-61(2,3)51-21-13-19-47-55-43(41-27-23-39(24-28-41)37-15-9-7-10-16-37)31-33-45-49-36-54-50(35-53(49)63(57(47)51)59(45)55)46-34-32-44(42-29-25-40(26-30-42)38-17-11-8-12-18-38)56-48-20-14-22-52(62(4,5)6)58(48)64(54)60(46)56/h7-36H,1-6H3/i7D,8D,9D,10D,11D,12D,15D,16D,17D,18D. The average molecular weight is 831 g/mol. The minimum Gasteiger partial charge on any atom is -0.308 e. The van der Waals surface area contributed by atoms with Crippen molar-refractivity contribution in [3.8, 4) is 44.5 Å². The molecule has 4 aromatic heterocycles. The van der Waals surface area contributed by atoms with Crippen molar-refractivity contribution >= 4 is 76.2 Å². The molecule has 0 N–H and O–H groups in total. The van der Waals surface area contributed by atoms with E-state index in [9.17, 15) is 0 Å². The van der Waals surface area contributed by atoms with Gasteiger partial charge in [-0.05, 0) is 78.6 Å². The molecule has 0 spiro atoms. The van der Waals surface area contributed by atoms with Gasteiger partial charge in [-0.3, -0.25) is 0 Å². The molecular weight excluding hydrogens is 773 g/mol. The zero-order valence-corrected chi connectivity index (χ0v) is 36.4. The summed E-state index contributed by atoms with van der Waals surface area (Å²) in [5.74, 6) is 0. The fraction of sp³-hybridized carbons (Fsp3) is 0.129. The van der Waals surface area contributed by atoms with Gasteiger partial charge in [0.25, 0.3) is 0 Å². The maximum Gasteiger partial charge on any atom is 0.0629 e. The lowest BCUT2D eigenvalue weighted by Gasteiger charge is -2.21. The first-order valence-electron chi connectivity index (χ1n) is 26.9. The average Bonchev–Trinajstić information content (AvgIpc) is 4.16. The predicted molar refractivity (Wildman–Crippen MR) is 275 cm³/mol. The molecule has 0 saturated heterocycles. The summed E-state index contributed by atoms with van der Waals surface area (Å²) in [7, 11) is 0. The van der Waals surface area contributed by atoms with Gasteiger partial charge in [0.1, 0.15) is 0 Å². The number of aromatic nitrogens is 2. The molecule has 0 aliphatic carbocycles. The Morgan fingerprint density at radius 2 is 0.719 bits per heavy atom. The van der Waals surface area contributed by atoms with E-state index >= 15 is 0 Å². The van der Waals surface area contributed by atoms with Crippen molar-refractivity contribution in [3.05, 3.63) is 193 Å². The van der Waals surface area contributed by atoms with Crippen LogP contribution in [0.2, 0.25) is 0 Å². The van der Waals surface area contributed by atoms with Crippen LogP contribution in [0.5, 0.6) is 0 Å². The molecule has 0 radical (unpaired) electrons. The van der Waals surface area contributed by atoms with Gasteiger partial charge >= 0.3 is 0 Å². The lowest BCUT2D eigenvalue weighted by Crippen LogP contribution is -2.12. The van der Waals surface area contributed by atoms with Gasteiger partial charge in [0.05, 0.1) is 46.8 Å². The molecule has 9 aromatic carbocycles. The first-order chi connectivity index (χ1) is 35.2. The Balaban J connectivity index is 1.08. The van der Waals surface area contributed by atoms with Gasteiger partial charge in [-0.25, -0.2) is 0 Å². The maximum atomic E-state index is 8.65. The molecule has 0 amide bonds. The Morgan fingerprint density at radius 1 is 0.344 bits per heavy atom. The predicted octanol–water partition coefficient (Wildman–Crippen LogP) is 17.2. The van der Waals surface area contributed by atoms with Gasteiger partial charge in [-0.2, -0.15) is 0 Å². The van der Waals surface area contributed by atoms with E-state index in [1.165, 1.54) is 11.1 Å². The van der Waals surface area contributed by atoms with Crippen LogP contribution in [0.15, 0.2) is 182 Å². The Hall–Kier alpha value is -7.42. The first kappa shape index (κ1) is 28.3. The van der Waals surface area contributed by atoms with Crippen molar-refractivity contribution in [2.24, 2.45) is 0 Å². The lowest BCUT2D eigenvalue weighted by molar-refractivity contribution is 0.594. The van der Waals surface area contributed by atoms with Crippen LogP contribution in [-0.2, 0) is 10.8 Å². The number of hydrogen-bond acceptors (Lipinski definition) is 0. The smallest absolute Gasteiger partial charge is 0.0629 e. The second-order valence-corrected chi connectivity index (χ2v) is 19.4. The summed E-state index contributed by atoms with van der Waals surface area (Å²) < 4.78 is 89.0. The topological polar surface area (TPSA) is 8.82 Å². The molecule has 13 rings (SSSR count). The second-order valence-electron chi connectivity index (χ2n) is 19.4. The fourth-order valence-corrected chi connectivity index (χ4v) is 10.8. The molecule has 0 bridgehead atoms. The quantitative estimate of drug-likeness (QED) is 0.167. The van der Waals surface area contributed by atoms with Crippen LogP contribution in [-0.4, -0.2) is 8.80 Å². The molecule has 0 aliphatic rings. The van der Waals surface area contributed by atoms with Crippen LogP contribution in [0.25, 0.3) is 121 Å². The van der Waals surface area contributed by atoms with E-state index in [4.69, 9.17) is 13.7 Å².